The van der Waals surface area contributed by atoms with Crippen molar-refractivity contribution in [3.05, 3.63) is 69.7 Å². The molecule has 0 bridgehead atoms. The van der Waals surface area contributed by atoms with Crippen LogP contribution in [0.15, 0.2) is 42.5 Å². The van der Waals surface area contributed by atoms with Gasteiger partial charge in [-0.15, -0.1) is 0 Å². The van der Waals surface area contributed by atoms with Crippen molar-refractivity contribution in [3.63, 3.8) is 0 Å². The van der Waals surface area contributed by atoms with Crippen molar-refractivity contribution in [2.24, 2.45) is 0 Å². The zero-order chi connectivity index (χ0) is 13.1. The molecule has 2 rings (SSSR count). The predicted molar refractivity (Wildman–Crippen MR) is 78.3 cm³/mol. The quantitative estimate of drug-likeness (QED) is 0.868. The van der Waals surface area contributed by atoms with Crippen LogP contribution >= 0.6 is 11.6 Å². The SMILES string of the molecule is CNC(c1ccc(C)cc1)c1ccc(Cl)cc1C. The van der Waals surface area contributed by atoms with Crippen molar-refractivity contribution >= 4 is 11.6 Å². The Balaban J connectivity index is 2.41. The molecule has 0 amide bonds. The molecule has 2 aromatic rings. The fourth-order valence-corrected chi connectivity index (χ4v) is 2.45. The monoisotopic (exact) mass is 259 g/mol. The Morgan fingerprint density at radius 3 is 2.22 bits per heavy atom. The number of hydrogen-bond acceptors (Lipinski definition) is 1. The van der Waals surface area contributed by atoms with Crippen LogP contribution in [0.1, 0.15) is 28.3 Å². The first-order chi connectivity index (χ1) is 8.61. The molecule has 0 saturated heterocycles. The number of benzene rings is 2. The Morgan fingerprint density at radius 1 is 1.00 bits per heavy atom. The minimum atomic E-state index is 0.211. The van der Waals surface area contributed by atoms with Gasteiger partial charge in [0.05, 0.1) is 6.04 Å². The van der Waals surface area contributed by atoms with Gasteiger partial charge in [0.25, 0.3) is 0 Å². The Morgan fingerprint density at radius 2 is 1.67 bits per heavy atom. The molecule has 0 saturated carbocycles. The van der Waals surface area contributed by atoms with Crippen LogP contribution in [0.5, 0.6) is 0 Å². The van der Waals surface area contributed by atoms with E-state index in [-0.39, 0.29) is 6.04 Å². The smallest absolute Gasteiger partial charge is 0.0576 e. The van der Waals surface area contributed by atoms with Gasteiger partial charge in [0.2, 0.25) is 0 Å². The highest BCUT2D eigenvalue weighted by Crippen LogP contribution is 2.26. The van der Waals surface area contributed by atoms with E-state index in [1.54, 1.807) is 0 Å². The maximum atomic E-state index is 6.01. The van der Waals surface area contributed by atoms with Crippen molar-refractivity contribution in [1.82, 2.24) is 5.32 Å². The first-order valence-electron chi connectivity index (χ1n) is 6.11. The lowest BCUT2D eigenvalue weighted by molar-refractivity contribution is 0.687. The van der Waals surface area contributed by atoms with Crippen LogP contribution in [-0.4, -0.2) is 7.05 Å². The Kier molecular flexibility index (Phi) is 4.05. The second kappa shape index (κ2) is 5.55. The van der Waals surface area contributed by atoms with Crippen molar-refractivity contribution < 1.29 is 0 Å². The standard InChI is InChI=1S/C16H18ClN/c1-11-4-6-13(7-5-11)16(18-3)15-9-8-14(17)10-12(15)2/h4-10,16,18H,1-3H3. The van der Waals surface area contributed by atoms with Gasteiger partial charge >= 0.3 is 0 Å². The van der Waals surface area contributed by atoms with E-state index in [2.05, 4.69) is 49.5 Å². The zero-order valence-corrected chi connectivity index (χ0v) is 11.8. The maximum absolute atomic E-state index is 6.01. The number of hydrogen-bond donors (Lipinski definition) is 1. The average molecular weight is 260 g/mol. The number of halogens is 1. The molecule has 0 spiro atoms. The summed E-state index contributed by atoms with van der Waals surface area (Å²) in [6.45, 7) is 4.20. The Labute approximate surface area is 114 Å². The summed E-state index contributed by atoms with van der Waals surface area (Å²) in [7, 11) is 1.98. The van der Waals surface area contributed by atoms with E-state index < -0.39 is 0 Å². The minimum Gasteiger partial charge on any atom is -0.309 e. The van der Waals surface area contributed by atoms with E-state index in [0.717, 1.165) is 5.02 Å². The van der Waals surface area contributed by atoms with E-state index in [1.165, 1.54) is 22.3 Å². The van der Waals surface area contributed by atoms with Gasteiger partial charge in [-0.25, -0.2) is 0 Å². The van der Waals surface area contributed by atoms with Gasteiger partial charge in [-0.05, 0) is 49.7 Å². The lowest BCUT2D eigenvalue weighted by Crippen LogP contribution is -2.18. The largest absolute Gasteiger partial charge is 0.309 e. The van der Waals surface area contributed by atoms with E-state index >= 15 is 0 Å². The first-order valence-corrected chi connectivity index (χ1v) is 6.49. The van der Waals surface area contributed by atoms with Crippen LogP contribution in [0.3, 0.4) is 0 Å². The van der Waals surface area contributed by atoms with Crippen molar-refractivity contribution in [2.75, 3.05) is 7.05 Å². The van der Waals surface area contributed by atoms with E-state index in [1.807, 2.05) is 19.2 Å². The first kappa shape index (κ1) is 13.1. The Hall–Kier alpha value is -1.31. The molecule has 2 heteroatoms. The van der Waals surface area contributed by atoms with E-state index in [4.69, 9.17) is 11.6 Å². The molecule has 2 aromatic carbocycles. The normalized spacial score (nSPS) is 12.4. The Bertz CT molecular complexity index is 531. The average Bonchev–Trinajstić information content (AvgIpc) is 2.35. The summed E-state index contributed by atoms with van der Waals surface area (Å²) in [4.78, 5) is 0. The van der Waals surface area contributed by atoms with Gasteiger partial charge < -0.3 is 5.32 Å². The fourth-order valence-electron chi connectivity index (χ4n) is 2.22. The van der Waals surface area contributed by atoms with Crippen LogP contribution in [0, 0.1) is 13.8 Å². The highest BCUT2D eigenvalue weighted by Gasteiger charge is 2.13. The molecule has 18 heavy (non-hydrogen) atoms. The van der Waals surface area contributed by atoms with Gasteiger partial charge in [-0.3, -0.25) is 0 Å². The lowest BCUT2D eigenvalue weighted by Gasteiger charge is -2.19. The van der Waals surface area contributed by atoms with Gasteiger partial charge in [0.15, 0.2) is 0 Å². The molecule has 0 aliphatic rings. The van der Waals surface area contributed by atoms with Crippen LogP contribution in [0.4, 0.5) is 0 Å². The highest BCUT2D eigenvalue weighted by molar-refractivity contribution is 6.30. The fraction of sp³-hybridized carbons (Fsp3) is 0.250. The molecule has 0 aliphatic carbocycles. The van der Waals surface area contributed by atoms with Crippen molar-refractivity contribution in [2.45, 2.75) is 19.9 Å². The number of aryl methyl sites for hydroxylation is 2. The van der Waals surface area contributed by atoms with Crippen LogP contribution in [0.25, 0.3) is 0 Å². The maximum Gasteiger partial charge on any atom is 0.0576 e. The molecule has 94 valence electrons. The third kappa shape index (κ3) is 2.74. The summed E-state index contributed by atoms with van der Waals surface area (Å²) >= 11 is 6.01. The minimum absolute atomic E-state index is 0.211. The molecule has 1 nitrogen and oxygen atoms in total. The summed E-state index contributed by atoms with van der Waals surface area (Å²) in [6, 6.07) is 14.9. The third-order valence-electron chi connectivity index (χ3n) is 3.24. The molecule has 0 heterocycles. The van der Waals surface area contributed by atoms with Crippen molar-refractivity contribution in [3.8, 4) is 0 Å². The summed E-state index contributed by atoms with van der Waals surface area (Å²) < 4.78 is 0. The second-order valence-corrected chi connectivity index (χ2v) is 5.07. The van der Waals surface area contributed by atoms with Gasteiger partial charge in [-0.1, -0.05) is 47.5 Å². The number of nitrogens with one attached hydrogen (secondary N) is 1. The summed E-state index contributed by atoms with van der Waals surface area (Å²) in [5.74, 6) is 0. The molecule has 0 fully saturated rings. The van der Waals surface area contributed by atoms with Crippen LogP contribution in [-0.2, 0) is 0 Å². The number of rotatable bonds is 3. The molecule has 1 unspecified atom stereocenters. The molecular formula is C16H18ClN. The van der Waals surface area contributed by atoms with E-state index in [0.29, 0.717) is 0 Å². The van der Waals surface area contributed by atoms with Gasteiger partial charge in [-0.2, -0.15) is 0 Å². The summed E-state index contributed by atoms with van der Waals surface area (Å²) in [5, 5.41) is 4.16. The van der Waals surface area contributed by atoms with Crippen molar-refractivity contribution in [1.29, 1.82) is 0 Å². The second-order valence-electron chi connectivity index (χ2n) is 4.63. The summed E-state index contributed by atoms with van der Waals surface area (Å²) in [5.41, 5.74) is 5.03. The highest BCUT2D eigenvalue weighted by atomic mass is 35.5. The molecule has 1 N–H and O–H groups in total. The van der Waals surface area contributed by atoms with Gasteiger partial charge in [0, 0.05) is 5.02 Å². The summed E-state index contributed by atoms with van der Waals surface area (Å²) in [6.07, 6.45) is 0. The van der Waals surface area contributed by atoms with Gasteiger partial charge in [0.1, 0.15) is 0 Å². The molecule has 1 atom stereocenters. The zero-order valence-electron chi connectivity index (χ0n) is 11.0. The molecular weight excluding hydrogens is 242 g/mol. The van der Waals surface area contributed by atoms with Crippen LogP contribution < -0.4 is 5.32 Å². The van der Waals surface area contributed by atoms with E-state index in [9.17, 15) is 0 Å². The predicted octanol–water partition coefficient (Wildman–Crippen LogP) is 4.27. The third-order valence-corrected chi connectivity index (χ3v) is 3.48. The lowest BCUT2D eigenvalue weighted by atomic mass is 9.94. The topological polar surface area (TPSA) is 12.0 Å². The molecule has 0 aliphatic heterocycles. The van der Waals surface area contributed by atoms with Crippen LogP contribution in [0.2, 0.25) is 5.02 Å². The molecule has 0 radical (unpaired) electrons. The molecule has 0 aromatic heterocycles.